The standard InChI is InChI=1S/C23H24N2O3/c1-28-21(27)14-13-20(26)25-15-7-12-19(25)23-22(16-8-3-2-4-9-16)17-10-5-6-11-18(17)24-23/h2-6,8-11,19,24H,7,12-15H2,1H3. The van der Waals surface area contributed by atoms with Gasteiger partial charge in [-0.3, -0.25) is 9.59 Å². The molecule has 144 valence electrons. The van der Waals surface area contributed by atoms with Crippen LogP contribution in [-0.2, 0) is 14.3 Å². The van der Waals surface area contributed by atoms with Crippen molar-refractivity contribution in [1.82, 2.24) is 9.88 Å². The van der Waals surface area contributed by atoms with Gasteiger partial charge in [-0.15, -0.1) is 0 Å². The molecule has 1 N–H and O–H groups in total. The van der Waals surface area contributed by atoms with Gasteiger partial charge in [0.05, 0.1) is 19.6 Å². The molecule has 1 fully saturated rings. The summed E-state index contributed by atoms with van der Waals surface area (Å²) in [4.78, 5) is 29.8. The molecular weight excluding hydrogens is 352 g/mol. The predicted octanol–water partition coefficient (Wildman–Crippen LogP) is 4.45. The van der Waals surface area contributed by atoms with E-state index in [1.807, 2.05) is 35.2 Å². The summed E-state index contributed by atoms with van der Waals surface area (Å²) in [6, 6.07) is 18.5. The first-order valence-electron chi connectivity index (χ1n) is 9.71. The van der Waals surface area contributed by atoms with Crippen LogP contribution in [0.5, 0.6) is 0 Å². The van der Waals surface area contributed by atoms with Gasteiger partial charge in [0.2, 0.25) is 5.91 Å². The second-order valence-corrected chi connectivity index (χ2v) is 7.15. The van der Waals surface area contributed by atoms with Crippen LogP contribution in [0.1, 0.15) is 37.4 Å². The van der Waals surface area contributed by atoms with E-state index in [0.29, 0.717) is 6.54 Å². The molecule has 0 radical (unpaired) electrons. The fraction of sp³-hybridized carbons (Fsp3) is 0.304. The number of rotatable bonds is 5. The first-order valence-corrected chi connectivity index (χ1v) is 9.71. The van der Waals surface area contributed by atoms with Gasteiger partial charge in [0.1, 0.15) is 0 Å². The summed E-state index contributed by atoms with van der Waals surface area (Å²) in [6.07, 6.45) is 2.18. The number of H-pyrrole nitrogens is 1. The van der Waals surface area contributed by atoms with Crippen molar-refractivity contribution < 1.29 is 14.3 Å². The maximum absolute atomic E-state index is 12.8. The van der Waals surface area contributed by atoms with Crippen LogP contribution in [0.25, 0.3) is 22.0 Å². The molecule has 1 unspecified atom stereocenters. The lowest BCUT2D eigenvalue weighted by atomic mass is 9.97. The van der Waals surface area contributed by atoms with Gasteiger partial charge in [-0.2, -0.15) is 0 Å². The molecular formula is C23H24N2O3. The van der Waals surface area contributed by atoms with Crippen LogP contribution in [0.2, 0.25) is 0 Å². The number of hydrogen-bond acceptors (Lipinski definition) is 3. The molecule has 1 aliphatic rings. The summed E-state index contributed by atoms with van der Waals surface area (Å²) < 4.78 is 4.68. The zero-order valence-electron chi connectivity index (χ0n) is 16.0. The molecule has 0 aliphatic carbocycles. The molecule has 0 saturated carbocycles. The Hall–Kier alpha value is -3.08. The lowest BCUT2D eigenvalue weighted by Crippen LogP contribution is -2.31. The number of carbonyl (C=O) groups is 2. The monoisotopic (exact) mass is 376 g/mol. The number of aromatic nitrogens is 1. The maximum atomic E-state index is 12.8. The van der Waals surface area contributed by atoms with Gasteiger partial charge in [0.25, 0.3) is 0 Å². The molecule has 0 spiro atoms. The molecule has 2 heterocycles. The molecule has 1 saturated heterocycles. The highest BCUT2D eigenvalue weighted by Crippen LogP contribution is 2.41. The number of methoxy groups -OCH3 is 1. The highest BCUT2D eigenvalue weighted by atomic mass is 16.5. The SMILES string of the molecule is COC(=O)CCC(=O)N1CCCC1c1[nH]c2ccccc2c1-c1ccccc1. The normalized spacial score (nSPS) is 16.5. The van der Waals surface area contributed by atoms with Crippen LogP contribution in [-0.4, -0.2) is 35.4 Å². The Morgan fingerprint density at radius 1 is 1.07 bits per heavy atom. The Morgan fingerprint density at radius 3 is 2.61 bits per heavy atom. The third-order valence-electron chi connectivity index (χ3n) is 5.47. The van der Waals surface area contributed by atoms with Crippen molar-refractivity contribution in [3.63, 3.8) is 0 Å². The van der Waals surface area contributed by atoms with E-state index in [1.54, 1.807) is 0 Å². The summed E-state index contributed by atoms with van der Waals surface area (Å²) in [5.41, 5.74) is 4.46. The van der Waals surface area contributed by atoms with E-state index in [4.69, 9.17) is 0 Å². The zero-order chi connectivity index (χ0) is 19.5. The summed E-state index contributed by atoms with van der Waals surface area (Å²) in [5.74, 6) is -0.342. The number of aromatic amines is 1. The summed E-state index contributed by atoms with van der Waals surface area (Å²) in [5, 5.41) is 1.16. The highest BCUT2D eigenvalue weighted by Gasteiger charge is 2.33. The predicted molar refractivity (Wildman–Crippen MR) is 109 cm³/mol. The third-order valence-corrected chi connectivity index (χ3v) is 5.47. The molecule has 1 amide bonds. The highest BCUT2D eigenvalue weighted by molar-refractivity contribution is 5.98. The van der Waals surface area contributed by atoms with Crippen molar-refractivity contribution in [3.8, 4) is 11.1 Å². The number of amides is 1. The van der Waals surface area contributed by atoms with Crippen molar-refractivity contribution in [1.29, 1.82) is 0 Å². The number of ether oxygens (including phenoxy) is 1. The van der Waals surface area contributed by atoms with Gasteiger partial charge < -0.3 is 14.6 Å². The van der Waals surface area contributed by atoms with Crippen LogP contribution in [0.3, 0.4) is 0 Å². The number of likely N-dealkylation sites (tertiary alicyclic amines) is 1. The molecule has 1 aliphatic heterocycles. The minimum absolute atomic E-state index is 0.00516. The van der Waals surface area contributed by atoms with E-state index >= 15 is 0 Å². The molecule has 4 rings (SSSR count). The van der Waals surface area contributed by atoms with Crippen LogP contribution in [0.15, 0.2) is 54.6 Å². The molecule has 5 nitrogen and oxygen atoms in total. The Balaban J connectivity index is 1.72. The number of hydrogen-bond donors (Lipinski definition) is 1. The third kappa shape index (κ3) is 3.40. The summed E-state index contributed by atoms with van der Waals surface area (Å²) >= 11 is 0. The number of benzene rings is 2. The van der Waals surface area contributed by atoms with Gasteiger partial charge >= 0.3 is 5.97 Å². The fourth-order valence-electron chi connectivity index (χ4n) is 4.15. The van der Waals surface area contributed by atoms with Crippen molar-refractivity contribution in [3.05, 3.63) is 60.3 Å². The van der Waals surface area contributed by atoms with Crippen LogP contribution >= 0.6 is 0 Å². The number of esters is 1. The lowest BCUT2D eigenvalue weighted by Gasteiger charge is -2.25. The average molecular weight is 376 g/mol. The second-order valence-electron chi connectivity index (χ2n) is 7.15. The van der Waals surface area contributed by atoms with Crippen LogP contribution in [0, 0.1) is 0 Å². The maximum Gasteiger partial charge on any atom is 0.306 e. The number of carbonyl (C=O) groups excluding carboxylic acids is 2. The van der Waals surface area contributed by atoms with E-state index < -0.39 is 0 Å². The minimum atomic E-state index is -0.348. The molecule has 28 heavy (non-hydrogen) atoms. The van der Waals surface area contributed by atoms with Crippen LogP contribution in [0.4, 0.5) is 0 Å². The zero-order valence-corrected chi connectivity index (χ0v) is 16.0. The molecule has 1 aromatic heterocycles. The van der Waals surface area contributed by atoms with Gasteiger partial charge in [0, 0.05) is 35.1 Å². The van der Waals surface area contributed by atoms with Gasteiger partial charge in [-0.05, 0) is 24.5 Å². The summed E-state index contributed by atoms with van der Waals surface area (Å²) in [6.45, 7) is 0.717. The lowest BCUT2D eigenvalue weighted by molar-refractivity contribution is -0.143. The van der Waals surface area contributed by atoms with E-state index in [-0.39, 0.29) is 30.8 Å². The molecule has 3 aromatic rings. The molecule has 5 heteroatoms. The second kappa shape index (κ2) is 7.89. The Kier molecular flexibility index (Phi) is 5.15. The minimum Gasteiger partial charge on any atom is -0.469 e. The summed E-state index contributed by atoms with van der Waals surface area (Å²) in [7, 11) is 1.35. The number of para-hydroxylation sites is 1. The average Bonchev–Trinajstić information content (AvgIpc) is 3.36. The van der Waals surface area contributed by atoms with E-state index in [2.05, 4.69) is 34.0 Å². The smallest absolute Gasteiger partial charge is 0.306 e. The van der Waals surface area contributed by atoms with Crippen molar-refractivity contribution in [2.24, 2.45) is 0 Å². The fourth-order valence-corrected chi connectivity index (χ4v) is 4.15. The quantitative estimate of drug-likeness (QED) is 0.669. The van der Waals surface area contributed by atoms with E-state index in [0.717, 1.165) is 40.6 Å². The molecule has 1 atom stereocenters. The Bertz CT molecular complexity index is 994. The molecule has 2 aromatic carbocycles. The van der Waals surface area contributed by atoms with Gasteiger partial charge in [-0.1, -0.05) is 48.5 Å². The topological polar surface area (TPSA) is 62.4 Å². The van der Waals surface area contributed by atoms with Crippen molar-refractivity contribution in [2.75, 3.05) is 13.7 Å². The largest absolute Gasteiger partial charge is 0.469 e. The first-order chi connectivity index (χ1) is 13.7. The molecule has 0 bridgehead atoms. The van der Waals surface area contributed by atoms with Gasteiger partial charge in [0.15, 0.2) is 0 Å². The van der Waals surface area contributed by atoms with Crippen LogP contribution < -0.4 is 0 Å². The number of fused-ring (bicyclic) bond motifs is 1. The van der Waals surface area contributed by atoms with Crippen molar-refractivity contribution >= 4 is 22.8 Å². The van der Waals surface area contributed by atoms with Gasteiger partial charge in [-0.25, -0.2) is 0 Å². The van der Waals surface area contributed by atoms with E-state index in [9.17, 15) is 9.59 Å². The Morgan fingerprint density at radius 2 is 1.82 bits per heavy atom. The first kappa shape index (κ1) is 18.3. The number of nitrogens with zero attached hydrogens (tertiary/aromatic N) is 1. The van der Waals surface area contributed by atoms with Crippen molar-refractivity contribution in [2.45, 2.75) is 31.7 Å². The number of nitrogens with one attached hydrogen (secondary N) is 1. The Labute approximate surface area is 164 Å². The van der Waals surface area contributed by atoms with E-state index in [1.165, 1.54) is 7.11 Å².